The van der Waals surface area contributed by atoms with E-state index in [0.29, 0.717) is 22.6 Å². The molecule has 0 aliphatic heterocycles. The Labute approximate surface area is 122 Å². The van der Waals surface area contributed by atoms with Gasteiger partial charge in [-0.15, -0.1) is 10.2 Å². The van der Waals surface area contributed by atoms with Gasteiger partial charge in [0.25, 0.3) is 0 Å². The monoisotopic (exact) mass is 294 g/mol. The van der Waals surface area contributed by atoms with Crippen LogP contribution in [0.4, 0.5) is 4.39 Å². The van der Waals surface area contributed by atoms with Crippen molar-refractivity contribution in [2.24, 2.45) is 7.05 Å². The number of halogens is 1. The van der Waals surface area contributed by atoms with Crippen LogP contribution in [0.2, 0.25) is 0 Å². The van der Waals surface area contributed by atoms with Gasteiger partial charge in [0.1, 0.15) is 11.6 Å². The molecule has 0 aliphatic rings. The van der Waals surface area contributed by atoms with Crippen LogP contribution < -0.4 is 5.32 Å². The molecule has 6 heteroatoms. The molecule has 0 unspecified atom stereocenters. The minimum Gasteiger partial charge on any atom is -0.310 e. The van der Waals surface area contributed by atoms with Gasteiger partial charge < -0.3 is 9.88 Å². The number of hydrogen-bond donors (Lipinski definition) is 1. The number of rotatable bonds is 5. The van der Waals surface area contributed by atoms with Crippen LogP contribution in [0.3, 0.4) is 0 Å². The highest BCUT2D eigenvalue weighted by Gasteiger charge is 2.14. The Hall–Kier alpha value is -1.40. The lowest BCUT2D eigenvalue weighted by atomic mass is 10.2. The highest BCUT2D eigenvalue weighted by molar-refractivity contribution is 7.99. The summed E-state index contributed by atoms with van der Waals surface area (Å²) in [6.45, 7) is 6.64. The van der Waals surface area contributed by atoms with Crippen molar-refractivity contribution < 1.29 is 4.39 Å². The molecular formula is C14H19FN4S. The Morgan fingerprint density at radius 2 is 2.10 bits per heavy atom. The van der Waals surface area contributed by atoms with E-state index in [1.54, 1.807) is 6.07 Å². The summed E-state index contributed by atoms with van der Waals surface area (Å²) < 4.78 is 16.0. The third kappa shape index (κ3) is 3.37. The number of benzene rings is 1. The Morgan fingerprint density at radius 1 is 1.35 bits per heavy atom. The molecule has 0 atom stereocenters. The molecule has 0 saturated heterocycles. The fourth-order valence-corrected chi connectivity index (χ4v) is 2.66. The van der Waals surface area contributed by atoms with E-state index in [4.69, 9.17) is 0 Å². The van der Waals surface area contributed by atoms with Gasteiger partial charge >= 0.3 is 0 Å². The minimum absolute atomic E-state index is 0.223. The normalized spacial score (nSPS) is 11.3. The molecule has 108 valence electrons. The second kappa shape index (κ2) is 6.37. The minimum atomic E-state index is -0.223. The van der Waals surface area contributed by atoms with Crippen molar-refractivity contribution in [2.45, 2.75) is 43.4 Å². The molecule has 4 nitrogen and oxygen atoms in total. The topological polar surface area (TPSA) is 42.7 Å². The predicted octanol–water partition coefficient (Wildman–Crippen LogP) is 2.91. The number of nitrogens with one attached hydrogen (secondary N) is 1. The fraction of sp³-hybridized carbons (Fsp3) is 0.429. The SMILES string of the molecule is Cc1nnc(Sc2c(F)cccc2CNC(C)C)n1C. The van der Waals surface area contributed by atoms with Gasteiger partial charge in [-0.25, -0.2) is 4.39 Å². The summed E-state index contributed by atoms with van der Waals surface area (Å²) >= 11 is 1.31. The molecule has 0 spiro atoms. The molecule has 20 heavy (non-hydrogen) atoms. The average Bonchev–Trinajstić information content (AvgIpc) is 2.71. The molecule has 2 rings (SSSR count). The largest absolute Gasteiger partial charge is 0.310 e. The fourth-order valence-electron chi connectivity index (χ4n) is 1.69. The number of hydrogen-bond acceptors (Lipinski definition) is 4. The molecule has 1 heterocycles. The lowest BCUT2D eigenvalue weighted by molar-refractivity contribution is 0.564. The molecule has 0 aliphatic carbocycles. The van der Waals surface area contributed by atoms with Crippen LogP contribution in [-0.2, 0) is 13.6 Å². The lowest BCUT2D eigenvalue weighted by Gasteiger charge is -2.12. The van der Waals surface area contributed by atoms with Gasteiger partial charge in [-0.3, -0.25) is 0 Å². The van der Waals surface area contributed by atoms with Gasteiger partial charge in [0.2, 0.25) is 0 Å². The summed E-state index contributed by atoms with van der Waals surface area (Å²) in [5, 5.41) is 12.1. The maximum absolute atomic E-state index is 14.1. The van der Waals surface area contributed by atoms with Crippen LogP contribution in [0, 0.1) is 12.7 Å². The van der Waals surface area contributed by atoms with Gasteiger partial charge in [-0.05, 0) is 30.3 Å². The molecule has 0 fully saturated rings. The van der Waals surface area contributed by atoms with E-state index in [1.165, 1.54) is 17.8 Å². The molecule has 1 aromatic heterocycles. The van der Waals surface area contributed by atoms with E-state index in [2.05, 4.69) is 29.4 Å². The predicted molar refractivity (Wildman–Crippen MR) is 78.2 cm³/mol. The van der Waals surface area contributed by atoms with E-state index in [0.717, 1.165) is 11.4 Å². The summed E-state index contributed by atoms with van der Waals surface area (Å²) in [7, 11) is 1.88. The quantitative estimate of drug-likeness (QED) is 0.921. The van der Waals surface area contributed by atoms with Crippen LogP contribution in [0.15, 0.2) is 28.3 Å². The van der Waals surface area contributed by atoms with E-state index in [-0.39, 0.29) is 5.82 Å². The summed E-state index contributed by atoms with van der Waals surface area (Å²) in [4.78, 5) is 0.608. The first-order valence-electron chi connectivity index (χ1n) is 6.53. The molecular weight excluding hydrogens is 275 g/mol. The van der Waals surface area contributed by atoms with Crippen molar-refractivity contribution in [3.63, 3.8) is 0 Å². The standard InChI is InChI=1S/C14H19FN4S/c1-9(2)16-8-11-6-5-7-12(15)13(11)20-14-18-17-10(3)19(14)4/h5-7,9,16H,8H2,1-4H3. The van der Waals surface area contributed by atoms with Crippen molar-refractivity contribution in [1.29, 1.82) is 0 Å². The lowest BCUT2D eigenvalue weighted by Crippen LogP contribution is -2.22. The first-order chi connectivity index (χ1) is 9.49. The number of aromatic nitrogens is 3. The second-order valence-electron chi connectivity index (χ2n) is 4.95. The van der Waals surface area contributed by atoms with E-state index in [9.17, 15) is 4.39 Å². The Kier molecular flexibility index (Phi) is 4.77. The molecule has 2 aromatic rings. The van der Waals surface area contributed by atoms with Crippen molar-refractivity contribution in [2.75, 3.05) is 0 Å². The maximum atomic E-state index is 14.1. The summed E-state index contributed by atoms with van der Waals surface area (Å²) in [5.74, 6) is 0.587. The van der Waals surface area contributed by atoms with Crippen molar-refractivity contribution in [3.05, 3.63) is 35.4 Å². The van der Waals surface area contributed by atoms with Crippen molar-refractivity contribution in [3.8, 4) is 0 Å². The van der Waals surface area contributed by atoms with E-state index >= 15 is 0 Å². The van der Waals surface area contributed by atoms with Crippen LogP contribution in [0.5, 0.6) is 0 Å². The molecule has 0 bridgehead atoms. The molecule has 0 saturated carbocycles. The smallest absolute Gasteiger partial charge is 0.195 e. The van der Waals surface area contributed by atoms with Crippen molar-refractivity contribution >= 4 is 11.8 Å². The summed E-state index contributed by atoms with van der Waals surface area (Å²) in [5.41, 5.74) is 0.935. The Balaban J connectivity index is 2.28. The van der Waals surface area contributed by atoms with Gasteiger partial charge in [0.15, 0.2) is 5.16 Å². The highest BCUT2D eigenvalue weighted by atomic mass is 32.2. The summed E-state index contributed by atoms with van der Waals surface area (Å²) in [6.07, 6.45) is 0. The van der Waals surface area contributed by atoms with Gasteiger partial charge in [-0.1, -0.05) is 26.0 Å². The van der Waals surface area contributed by atoms with Crippen molar-refractivity contribution in [1.82, 2.24) is 20.1 Å². The van der Waals surface area contributed by atoms with Gasteiger partial charge in [0, 0.05) is 19.6 Å². The first-order valence-corrected chi connectivity index (χ1v) is 7.35. The van der Waals surface area contributed by atoms with E-state index in [1.807, 2.05) is 24.6 Å². The van der Waals surface area contributed by atoms with Crippen LogP contribution in [-0.4, -0.2) is 20.8 Å². The first kappa shape index (κ1) is 15.0. The zero-order chi connectivity index (χ0) is 14.7. The van der Waals surface area contributed by atoms with Gasteiger partial charge in [-0.2, -0.15) is 0 Å². The number of aryl methyl sites for hydroxylation is 1. The molecule has 0 radical (unpaired) electrons. The molecule has 1 aromatic carbocycles. The summed E-state index contributed by atoms with van der Waals surface area (Å²) in [6, 6.07) is 5.50. The van der Waals surface area contributed by atoms with Crippen LogP contribution in [0.25, 0.3) is 0 Å². The molecule has 0 amide bonds. The van der Waals surface area contributed by atoms with Crippen LogP contribution in [0.1, 0.15) is 25.2 Å². The zero-order valence-electron chi connectivity index (χ0n) is 12.1. The zero-order valence-corrected chi connectivity index (χ0v) is 13.0. The second-order valence-corrected chi connectivity index (χ2v) is 5.93. The third-order valence-electron chi connectivity index (χ3n) is 3.00. The highest BCUT2D eigenvalue weighted by Crippen LogP contribution is 2.31. The third-order valence-corrected chi connectivity index (χ3v) is 4.19. The Morgan fingerprint density at radius 3 is 2.70 bits per heavy atom. The Bertz CT molecular complexity index is 595. The van der Waals surface area contributed by atoms with Gasteiger partial charge in [0.05, 0.1) is 4.90 Å². The maximum Gasteiger partial charge on any atom is 0.195 e. The number of nitrogens with zero attached hydrogens (tertiary/aromatic N) is 3. The average molecular weight is 294 g/mol. The van der Waals surface area contributed by atoms with E-state index < -0.39 is 0 Å². The van der Waals surface area contributed by atoms with Crippen LogP contribution >= 0.6 is 11.8 Å². The molecule has 1 N–H and O–H groups in total.